The van der Waals surface area contributed by atoms with E-state index in [2.05, 4.69) is 0 Å². The van der Waals surface area contributed by atoms with E-state index in [0.29, 0.717) is 11.1 Å². The van der Waals surface area contributed by atoms with E-state index in [1.54, 1.807) is 12.1 Å². The Labute approximate surface area is 93.2 Å². The molecule has 3 nitrogen and oxygen atoms in total. The quantitative estimate of drug-likeness (QED) is 0.686. The van der Waals surface area contributed by atoms with Crippen LogP contribution in [0.2, 0.25) is 0 Å². The van der Waals surface area contributed by atoms with Crippen molar-refractivity contribution in [2.45, 2.75) is 6.92 Å². The first-order valence-corrected chi connectivity index (χ1v) is 4.90. The van der Waals surface area contributed by atoms with E-state index in [4.69, 9.17) is 0 Å². The van der Waals surface area contributed by atoms with E-state index in [-0.39, 0.29) is 17.2 Å². The molecule has 0 atom stereocenters. The number of hydrogen-bond acceptors (Lipinski definition) is 3. The van der Waals surface area contributed by atoms with Crippen LogP contribution in [-0.4, -0.2) is 15.3 Å². The highest BCUT2D eigenvalue weighted by molar-refractivity contribution is 5.75. The third kappa shape index (κ3) is 1.80. The molecule has 0 fully saturated rings. The summed E-state index contributed by atoms with van der Waals surface area (Å²) in [6, 6.07) is 9.43. The summed E-state index contributed by atoms with van der Waals surface area (Å²) in [5.41, 5.74) is 2.09. The van der Waals surface area contributed by atoms with E-state index >= 15 is 0 Å². The fourth-order valence-corrected chi connectivity index (χ4v) is 1.77. The Balaban J connectivity index is 2.67. The van der Waals surface area contributed by atoms with Crippen LogP contribution in [0.5, 0.6) is 17.2 Å². The van der Waals surface area contributed by atoms with Crippen molar-refractivity contribution in [3.8, 4) is 28.4 Å². The van der Waals surface area contributed by atoms with Crippen LogP contribution in [0.1, 0.15) is 5.56 Å². The Morgan fingerprint density at radius 2 is 1.50 bits per heavy atom. The zero-order valence-electron chi connectivity index (χ0n) is 8.81. The molecule has 0 aliphatic heterocycles. The highest BCUT2D eigenvalue weighted by Gasteiger charge is 2.09. The molecule has 2 rings (SSSR count). The lowest BCUT2D eigenvalue weighted by Crippen LogP contribution is -1.84. The van der Waals surface area contributed by atoms with Crippen molar-refractivity contribution in [3.05, 3.63) is 42.0 Å². The normalized spacial score (nSPS) is 10.3. The van der Waals surface area contributed by atoms with Gasteiger partial charge in [-0.3, -0.25) is 0 Å². The maximum Gasteiger partial charge on any atom is 0.123 e. The van der Waals surface area contributed by atoms with Crippen LogP contribution in [0.4, 0.5) is 0 Å². The summed E-state index contributed by atoms with van der Waals surface area (Å²) >= 11 is 0. The van der Waals surface area contributed by atoms with Crippen LogP contribution in [-0.2, 0) is 0 Å². The van der Waals surface area contributed by atoms with Gasteiger partial charge in [-0.05, 0) is 36.2 Å². The van der Waals surface area contributed by atoms with E-state index in [9.17, 15) is 15.3 Å². The molecule has 0 saturated heterocycles. The van der Waals surface area contributed by atoms with E-state index in [0.717, 1.165) is 5.56 Å². The Bertz CT molecular complexity index is 492. The molecular formula is C13H12O3. The topological polar surface area (TPSA) is 60.7 Å². The molecule has 0 radical (unpaired) electrons. The first kappa shape index (κ1) is 10.4. The van der Waals surface area contributed by atoms with Crippen molar-refractivity contribution in [3.63, 3.8) is 0 Å². The minimum Gasteiger partial charge on any atom is -0.508 e. The number of aryl methyl sites for hydroxylation is 1. The third-order valence-corrected chi connectivity index (χ3v) is 2.44. The molecule has 0 aliphatic rings. The summed E-state index contributed by atoms with van der Waals surface area (Å²) in [7, 11) is 0. The zero-order chi connectivity index (χ0) is 11.7. The van der Waals surface area contributed by atoms with Gasteiger partial charge in [-0.25, -0.2) is 0 Å². The first-order chi connectivity index (χ1) is 7.58. The summed E-state index contributed by atoms with van der Waals surface area (Å²) in [4.78, 5) is 0. The maximum absolute atomic E-state index is 9.76. The molecule has 0 spiro atoms. The molecule has 2 aromatic carbocycles. The van der Waals surface area contributed by atoms with Crippen molar-refractivity contribution in [1.82, 2.24) is 0 Å². The smallest absolute Gasteiger partial charge is 0.123 e. The van der Waals surface area contributed by atoms with Gasteiger partial charge < -0.3 is 15.3 Å². The van der Waals surface area contributed by atoms with Crippen molar-refractivity contribution in [1.29, 1.82) is 0 Å². The molecule has 16 heavy (non-hydrogen) atoms. The van der Waals surface area contributed by atoms with Gasteiger partial charge in [0.2, 0.25) is 0 Å². The number of rotatable bonds is 1. The molecule has 0 aliphatic carbocycles. The van der Waals surface area contributed by atoms with Crippen molar-refractivity contribution >= 4 is 0 Å². The first-order valence-electron chi connectivity index (χ1n) is 4.90. The number of aromatic hydroxyl groups is 3. The van der Waals surface area contributed by atoms with Crippen molar-refractivity contribution in [2.75, 3.05) is 0 Å². The average Bonchev–Trinajstić information content (AvgIpc) is 2.15. The summed E-state index contributed by atoms with van der Waals surface area (Å²) in [5.74, 6) is 0.0697. The van der Waals surface area contributed by atoms with Crippen molar-refractivity contribution < 1.29 is 15.3 Å². The lowest BCUT2D eigenvalue weighted by molar-refractivity contribution is 0.451. The molecule has 0 bridgehead atoms. The average molecular weight is 216 g/mol. The lowest BCUT2D eigenvalue weighted by Gasteiger charge is -2.09. The van der Waals surface area contributed by atoms with Gasteiger partial charge in [-0.1, -0.05) is 12.1 Å². The molecule has 0 unspecified atom stereocenters. The van der Waals surface area contributed by atoms with Crippen LogP contribution in [0, 0.1) is 6.92 Å². The summed E-state index contributed by atoms with van der Waals surface area (Å²) in [5, 5.41) is 28.6. The second-order valence-electron chi connectivity index (χ2n) is 3.71. The van der Waals surface area contributed by atoms with Gasteiger partial charge in [0.1, 0.15) is 17.2 Å². The number of hydrogen-bond donors (Lipinski definition) is 3. The second-order valence-corrected chi connectivity index (χ2v) is 3.71. The van der Waals surface area contributed by atoms with Crippen LogP contribution < -0.4 is 0 Å². The Morgan fingerprint density at radius 1 is 0.875 bits per heavy atom. The van der Waals surface area contributed by atoms with Crippen LogP contribution in [0.25, 0.3) is 11.1 Å². The van der Waals surface area contributed by atoms with E-state index < -0.39 is 0 Å². The molecule has 3 N–H and O–H groups in total. The summed E-state index contributed by atoms with van der Waals surface area (Å²) in [6.45, 7) is 1.86. The highest BCUT2D eigenvalue weighted by atomic mass is 16.3. The van der Waals surface area contributed by atoms with Gasteiger partial charge >= 0.3 is 0 Å². The fraction of sp³-hybridized carbons (Fsp3) is 0.0769. The summed E-state index contributed by atoms with van der Waals surface area (Å²) < 4.78 is 0. The van der Waals surface area contributed by atoms with E-state index in [1.807, 2.05) is 13.0 Å². The fourth-order valence-electron chi connectivity index (χ4n) is 1.77. The minimum absolute atomic E-state index is 0.0300. The number of phenols is 3. The van der Waals surface area contributed by atoms with Gasteiger partial charge in [0.15, 0.2) is 0 Å². The third-order valence-electron chi connectivity index (χ3n) is 2.44. The molecular weight excluding hydrogens is 204 g/mol. The van der Waals surface area contributed by atoms with E-state index in [1.165, 1.54) is 18.2 Å². The molecule has 0 amide bonds. The van der Waals surface area contributed by atoms with Gasteiger partial charge in [0, 0.05) is 11.6 Å². The molecule has 2 aromatic rings. The lowest BCUT2D eigenvalue weighted by atomic mass is 9.99. The van der Waals surface area contributed by atoms with Crippen LogP contribution >= 0.6 is 0 Å². The largest absolute Gasteiger partial charge is 0.508 e. The number of benzene rings is 2. The predicted molar refractivity (Wildman–Crippen MR) is 61.6 cm³/mol. The van der Waals surface area contributed by atoms with Gasteiger partial charge in [-0.15, -0.1) is 0 Å². The number of phenolic OH excluding ortho intramolecular Hbond substituents is 3. The molecule has 3 heteroatoms. The highest BCUT2D eigenvalue weighted by Crippen LogP contribution is 2.35. The zero-order valence-corrected chi connectivity index (χ0v) is 8.81. The second kappa shape index (κ2) is 3.77. The van der Waals surface area contributed by atoms with Gasteiger partial charge in [-0.2, -0.15) is 0 Å². The minimum atomic E-state index is -0.0300. The maximum atomic E-state index is 9.76. The molecule has 0 aromatic heterocycles. The SMILES string of the molecule is Cc1cccc(O)c1-c1cc(O)cc(O)c1. The Hall–Kier alpha value is -2.16. The van der Waals surface area contributed by atoms with Crippen molar-refractivity contribution in [2.24, 2.45) is 0 Å². The predicted octanol–water partition coefficient (Wildman–Crippen LogP) is 2.78. The van der Waals surface area contributed by atoms with Gasteiger partial charge in [0.05, 0.1) is 0 Å². The van der Waals surface area contributed by atoms with Crippen LogP contribution in [0.15, 0.2) is 36.4 Å². The molecule has 82 valence electrons. The monoisotopic (exact) mass is 216 g/mol. The van der Waals surface area contributed by atoms with Gasteiger partial charge in [0.25, 0.3) is 0 Å². The van der Waals surface area contributed by atoms with Crippen LogP contribution in [0.3, 0.4) is 0 Å². The standard InChI is InChI=1S/C13H12O3/c1-8-3-2-4-12(16)13(8)9-5-10(14)7-11(15)6-9/h2-7,14-16H,1H3. The summed E-state index contributed by atoms with van der Waals surface area (Å²) in [6.07, 6.45) is 0. The molecule has 0 saturated carbocycles. The molecule has 0 heterocycles. The Kier molecular flexibility index (Phi) is 2.44. The Morgan fingerprint density at radius 3 is 2.06 bits per heavy atom.